The molecule has 0 spiro atoms. The van der Waals surface area contributed by atoms with Gasteiger partial charge in [0.15, 0.2) is 6.10 Å². The Labute approximate surface area is 484 Å². The van der Waals surface area contributed by atoms with Crippen molar-refractivity contribution in [1.82, 2.24) is 0 Å². The van der Waals surface area contributed by atoms with Crippen LogP contribution >= 0.6 is 7.82 Å². The van der Waals surface area contributed by atoms with Gasteiger partial charge in [-0.25, -0.2) is 4.57 Å². The number of nitrogens with two attached hydrogens (primary N) is 1. The Bertz CT molecular complexity index is 1800. The maximum absolute atomic E-state index is 12.7. The van der Waals surface area contributed by atoms with Gasteiger partial charge in [-0.1, -0.05) is 256 Å². The Kier molecular flexibility index (Phi) is 59.8. The molecule has 0 aliphatic rings. The Morgan fingerprint density at radius 2 is 0.696 bits per heavy atom. The van der Waals surface area contributed by atoms with E-state index in [-0.39, 0.29) is 32.6 Å². The van der Waals surface area contributed by atoms with Gasteiger partial charge in [-0.05, 0) is 122 Å². The molecule has 0 radical (unpaired) electrons. The highest BCUT2D eigenvalue weighted by atomic mass is 31.2. The summed E-state index contributed by atoms with van der Waals surface area (Å²) in [5, 5.41) is 0. The number of unbranched alkanes of at least 4 members (excludes halogenated alkanes) is 20. The molecule has 448 valence electrons. The number of esters is 2. The van der Waals surface area contributed by atoms with Crippen LogP contribution in [0.15, 0.2) is 146 Å². The van der Waals surface area contributed by atoms with Gasteiger partial charge in [-0.2, -0.15) is 0 Å². The average Bonchev–Trinajstić information content (AvgIpc) is 3.44. The van der Waals surface area contributed by atoms with E-state index < -0.39 is 32.5 Å². The van der Waals surface area contributed by atoms with Crippen LogP contribution in [0.1, 0.15) is 245 Å². The van der Waals surface area contributed by atoms with Crippen molar-refractivity contribution in [3.05, 3.63) is 146 Å². The third kappa shape index (κ3) is 62.9. The van der Waals surface area contributed by atoms with Crippen LogP contribution < -0.4 is 5.73 Å². The van der Waals surface area contributed by atoms with Crippen LogP contribution in [0.4, 0.5) is 0 Å². The molecular formula is C69H114NO8P. The van der Waals surface area contributed by atoms with Crippen LogP contribution in [0.25, 0.3) is 0 Å². The number of hydrogen-bond acceptors (Lipinski definition) is 8. The summed E-state index contributed by atoms with van der Waals surface area (Å²) in [6.07, 6.45) is 90.4. The summed E-state index contributed by atoms with van der Waals surface area (Å²) in [4.78, 5) is 35.3. The van der Waals surface area contributed by atoms with Crippen molar-refractivity contribution in [2.24, 2.45) is 5.73 Å². The zero-order valence-corrected chi connectivity index (χ0v) is 50.9. The minimum atomic E-state index is -4.41. The monoisotopic (exact) mass is 1120 g/mol. The van der Waals surface area contributed by atoms with Gasteiger partial charge in [-0.3, -0.25) is 18.6 Å². The fourth-order valence-corrected chi connectivity index (χ4v) is 8.87. The van der Waals surface area contributed by atoms with E-state index in [1.807, 2.05) is 0 Å². The van der Waals surface area contributed by atoms with Crippen LogP contribution in [0.5, 0.6) is 0 Å². The molecule has 0 aromatic rings. The highest BCUT2D eigenvalue weighted by Crippen LogP contribution is 2.43. The number of phosphoric ester groups is 1. The second-order valence-corrected chi connectivity index (χ2v) is 21.6. The van der Waals surface area contributed by atoms with E-state index in [4.69, 9.17) is 24.3 Å². The molecule has 0 heterocycles. The maximum atomic E-state index is 12.7. The number of allylic oxidation sites excluding steroid dienone is 24. The summed E-state index contributed by atoms with van der Waals surface area (Å²) in [6.45, 7) is 3.59. The van der Waals surface area contributed by atoms with Crippen molar-refractivity contribution in [2.75, 3.05) is 26.4 Å². The first kappa shape index (κ1) is 74.9. The van der Waals surface area contributed by atoms with Gasteiger partial charge in [0, 0.05) is 19.4 Å². The van der Waals surface area contributed by atoms with E-state index in [9.17, 15) is 19.0 Å². The lowest BCUT2D eigenvalue weighted by atomic mass is 10.1. The van der Waals surface area contributed by atoms with Gasteiger partial charge in [-0.15, -0.1) is 0 Å². The van der Waals surface area contributed by atoms with Crippen molar-refractivity contribution in [2.45, 2.75) is 251 Å². The zero-order valence-electron chi connectivity index (χ0n) is 50.0. The molecule has 79 heavy (non-hydrogen) atoms. The van der Waals surface area contributed by atoms with Crippen molar-refractivity contribution >= 4 is 19.8 Å². The number of phosphoric acid groups is 1. The van der Waals surface area contributed by atoms with Crippen LogP contribution in [0.2, 0.25) is 0 Å². The van der Waals surface area contributed by atoms with Gasteiger partial charge in [0.25, 0.3) is 0 Å². The third-order valence-corrected chi connectivity index (χ3v) is 13.7. The second kappa shape index (κ2) is 63.1. The Balaban J connectivity index is 4.05. The molecule has 0 saturated heterocycles. The lowest BCUT2D eigenvalue weighted by Crippen LogP contribution is -2.29. The lowest BCUT2D eigenvalue weighted by Gasteiger charge is -2.19. The molecule has 10 heteroatoms. The molecule has 0 bridgehead atoms. The molecule has 3 N–H and O–H groups in total. The summed E-state index contributed by atoms with van der Waals surface area (Å²) >= 11 is 0. The molecular weight excluding hydrogens is 1000 g/mol. The molecule has 0 rings (SSSR count). The van der Waals surface area contributed by atoms with Crippen molar-refractivity contribution in [3.63, 3.8) is 0 Å². The van der Waals surface area contributed by atoms with Crippen molar-refractivity contribution in [1.29, 1.82) is 0 Å². The Morgan fingerprint density at radius 3 is 1.04 bits per heavy atom. The van der Waals surface area contributed by atoms with E-state index in [1.54, 1.807) is 0 Å². The van der Waals surface area contributed by atoms with Crippen LogP contribution in [-0.4, -0.2) is 49.3 Å². The number of carbonyl (C=O) groups is 2. The number of hydrogen-bond donors (Lipinski definition) is 2. The molecule has 0 saturated carbocycles. The summed E-state index contributed by atoms with van der Waals surface area (Å²) in [6, 6.07) is 0. The SMILES string of the molecule is CC/C=C\C/C=C\C/C=C\C/C=C\C/C=C\C/C=C\C/C=C\C/C=C\C/C=C\CCCCCCCCCC(=O)OC(COC(=O)CCCCCCCCCC/C=C\C/C=C\C/C=C\CCCCCCC)COP(=O)(O)OCCN. The largest absolute Gasteiger partial charge is 0.472 e. The molecule has 2 unspecified atom stereocenters. The number of carbonyl (C=O) groups excluding carboxylic acids is 2. The standard InChI is InChI=1S/C69H114NO8P/c1-3-5-7-9-11-13-15-17-19-21-23-25-27-28-29-30-31-32-33-34-35-36-37-38-40-42-44-46-48-50-52-54-56-58-60-62-69(72)78-67(66-77-79(73,74)76-64-63-70)65-75-68(71)61-59-57-55-53-51-49-47-45-43-41-39-26-24-22-20-18-16-14-12-10-8-6-4-2/h5,7,11,13,16-19,22-25,28-29,31-32,34-35,37-39,41-42,44,67H,3-4,6,8-10,12,14-15,20-21,26-27,30,33,36,40,43,45-66,70H2,1-2H3,(H,73,74)/b7-5-,13-11-,18-16-,19-17-,24-22-,25-23-,29-28-,32-31-,35-34-,38-37-,41-39-,44-42-. The van der Waals surface area contributed by atoms with Crippen LogP contribution in [0, 0.1) is 0 Å². The molecule has 9 nitrogen and oxygen atoms in total. The van der Waals surface area contributed by atoms with Crippen LogP contribution in [-0.2, 0) is 32.7 Å². The first-order chi connectivity index (χ1) is 38.8. The highest BCUT2D eigenvalue weighted by molar-refractivity contribution is 7.47. The van der Waals surface area contributed by atoms with Gasteiger partial charge in [0.2, 0.25) is 0 Å². The molecule has 0 amide bonds. The first-order valence-corrected chi connectivity index (χ1v) is 32.8. The van der Waals surface area contributed by atoms with Crippen LogP contribution in [0.3, 0.4) is 0 Å². The minimum absolute atomic E-state index is 0.0426. The molecule has 0 aliphatic carbocycles. The summed E-state index contributed by atoms with van der Waals surface area (Å²) in [5.74, 6) is -0.857. The topological polar surface area (TPSA) is 134 Å². The fourth-order valence-electron chi connectivity index (χ4n) is 8.11. The van der Waals surface area contributed by atoms with Gasteiger partial charge in [0.05, 0.1) is 13.2 Å². The van der Waals surface area contributed by atoms with E-state index in [0.717, 1.165) is 135 Å². The normalized spacial score (nSPS) is 14.0. The zero-order chi connectivity index (χ0) is 57.3. The predicted molar refractivity (Wildman–Crippen MR) is 339 cm³/mol. The molecule has 2 atom stereocenters. The fraction of sp³-hybridized carbons (Fsp3) is 0.623. The minimum Gasteiger partial charge on any atom is -0.462 e. The third-order valence-electron chi connectivity index (χ3n) is 12.7. The molecule has 0 aromatic carbocycles. The predicted octanol–water partition coefficient (Wildman–Crippen LogP) is 20.3. The molecule has 0 fully saturated rings. The first-order valence-electron chi connectivity index (χ1n) is 31.3. The lowest BCUT2D eigenvalue weighted by molar-refractivity contribution is -0.161. The van der Waals surface area contributed by atoms with Crippen molar-refractivity contribution in [3.8, 4) is 0 Å². The van der Waals surface area contributed by atoms with E-state index in [0.29, 0.717) is 6.42 Å². The van der Waals surface area contributed by atoms with E-state index in [1.165, 1.54) is 77.0 Å². The quantitative estimate of drug-likeness (QED) is 0.0264. The number of ether oxygens (including phenoxy) is 2. The van der Waals surface area contributed by atoms with Gasteiger partial charge >= 0.3 is 19.8 Å². The Hall–Kier alpha value is -4.11. The van der Waals surface area contributed by atoms with E-state index in [2.05, 4.69) is 160 Å². The molecule has 0 aliphatic heterocycles. The van der Waals surface area contributed by atoms with E-state index >= 15 is 0 Å². The number of rotatable bonds is 57. The molecule has 0 aromatic heterocycles. The maximum Gasteiger partial charge on any atom is 0.472 e. The van der Waals surface area contributed by atoms with Crippen molar-refractivity contribution < 1.29 is 37.6 Å². The van der Waals surface area contributed by atoms with Gasteiger partial charge < -0.3 is 20.1 Å². The second-order valence-electron chi connectivity index (χ2n) is 20.2. The highest BCUT2D eigenvalue weighted by Gasteiger charge is 2.26. The summed E-state index contributed by atoms with van der Waals surface area (Å²) in [7, 11) is -4.41. The Morgan fingerprint density at radius 1 is 0.392 bits per heavy atom. The summed E-state index contributed by atoms with van der Waals surface area (Å²) < 4.78 is 33.1. The average molecular weight is 1120 g/mol. The van der Waals surface area contributed by atoms with Gasteiger partial charge in [0.1, 0.15) is 6.61 Å². The smallest absolute Gasteiger partial charge is 0.462 e. The summed E-state index contributed by atoms with van der Waals surface area (Å²) in [5.41, 5.74) is 5.39.